The Bertz CT molecular complexity index is 815. The van der Waals surface area contributed by atoms with Gasteiger partial charge in [-0.2, -0.15) is 5.26 Å². The van der Waals surface area contributed by atoms with Crippen LogP contribution in [0.4, 0.5) is 5.69 Å². The first-order chi connectivity index (χ1) is 10.9. The number of carbonyl (C=O) groups excluding carboxylic acids is 1. The fourth-order valence-corrected chi connectivity index (χ4v) is 2.51. The van der Waals surface area contributed by atoms with Crippen molar-refractivity contribution < 1.29 is 4.79 Å². The van der Waals surface area contributed by atoms with Crippen LogP contribution in [-0.4, -0.2) is 5.91 Å². The number of amides is 1. The Morgan fingerprint density at radius 1 is 1.17 bits per heavy atom. The Morgan fingerprint density at radius 3 is 2.43 bits per heavy atom. The molecule has 0 aliphatic rings. The molecule has 0 saturated heterocycles. The summed E-state index contributed by atoms with van der Waals surface area (Å²) in [5, 5.41) is 12.8. The SMILES string of the molecule is Cc1ccc(C)c(NC(=O)/C(C#N)=C/c2c(Cl)cccc2Cl)c1. The van der Waals surface area contributed by atoms with Crippen LogP contribution in [0.1, 0.15) is 16.7 Å². The van der Waals surface area contributed by atoms with Crippen LogP contribution in [0.2, 0.25) is 10.0 Å². The van der Waals surface area contributed by atoms with Gasteiger partial charge in [0.25, 0.3) is 5.91 Å². The highest BCUT2D eigenvalue weighted by molar-refractivity contribution is 6.37. The van der Waals surface area contributed by atoms with E-state index in [1.807, 2.05) is 38.1 Å². The van der Waals surface area contributed by atoms with E-state index >= 15 is 0 Å². The van der Waals surface area contributed by atoms with E-state index < -0.39 is 5.91 Å². The average Bonchev–Trinajstić information content (AvgIpc) is 2.50. The Labute approximate surface area is 145 Å². The smallest absolute Gasteiger partial charge is 0.266 e. The lowest BCUT2D eigenvalue weighted by molar-refractivity contribution is -0.112. The molecular weight excluding hydrogens is 331 g/mol. The van der Waals surface area contributed by atoms with Crippen molar-refractivity contribution in [3.8, 4) is 6.07 Å². The second-order valence-electron chi connectivity index (χ2n) is 5.08. The zero-order valence-corrected chi connectivity index (χ0v) is 14.2. The molecule has 0 aliphatic carbocycles. The molecule has 1 N–H and O–H groups in total. The van der Waals surface area contributed by atoms with E-state index in [1.165, 1.54) is 6.08 Å². The van der Waals surface area contributed by atoms with Gasteiger partial charge in [-0.25, -0.2) is 0 Å². The number of halogens is 2. The van der Waals surface area contributed by atoms with Gasteiger partial charge in [-0.05, 0) is 49.2 Å². The number of nitriles is 1. The Morgan fingerprint density at radius 2 is 1.83 bits per heavy atom. The van der Waals surface area contributed by atoms with E-state index in [4.69, 9.17) is 23.2 Å². The molecule has 0 radical (unpaired) electrons. The molecule has 0 unspecified atom stereocenters. The van der Waals surface area contributed by atoms with Gasteiger partial charge in [0.1, 0.15) is 11.6 Å². The molecule has 2 rings (SSSR count). The number of hydrogen-bond acceptors (Lipinski definition) is 2. The molecule has 0 bridgehead atoms. The quantitative estimate of drug-likeness (QED) is 0.617. The predicted octanol–water partition coefficient (Wildman–Crippen LogP) is 5.16. The summed E-state index contributed by atoms with van der Waals surface area (Å²) in [4.78, 5) is 12.3. The van der Waals surface area contributed by atoms with Crippen molar-refractivity contribution in [3.05, 3.63) is 68.7 Å². The van der Waals surface area contributed by atoms with Crippen LogP contribution in [0.3, 0.4) is 0 Å². The Hall–Kier alpha value is -2.28. The fourth-order valence-electron chi connectivity index (χ4n) is 2.00. The number of anilines is 1. The minimum absolute atomic E-state index is 0.0686. The van der Waals surface area contributed by atoms with Gasteiger partial charge in [0.15, 0.2) is 0 Å². The lowest BCUT2D eigenvalue weighted by Crippen LogP contribution is -2.14. The minimum atomic E-state index is -0.503. The molecule has 0 saturated carbocycles. The Kier molecular flexibility index (Phi) is 5.44. The third-order valence-electron chi connectivity index (χ3n) is 3.29. The van der Waals surface area contributed by atoms with E-state index in [0.29, 0.717) is 21.3 Å². The minimum Gasteiger partial charge on any atom is -0.321 e. The monoisotopic (exact) mass is 344 g/mol. The van der Waals surface area contributed by atoms with Gasteiger partial charge in [-0.1, -0.05) is 41.4 Å². The van der Waals surface area contributed by atoms with Gasteiger partial charge in [0, 0.05) is 21.3 Å². The molecule has 23 heavy (non-hydrogen) atoms. The molecule has 2 aromatic rings. The topological polar surface area (TPSA) is 52.9 Å². The largest absolute Gasteiger partial charge is 0.321 e. The summed E-state index contributed by atoms with van der Waals surface area (Å²) in [6.07, 6.45) is 1.39. The van der Waals surface area contributed by atoms with E-state index in [9.17, 15) is 10.1 Å². The summed E-state index contributed by atoms with van der Waals surface area (Å²) in [7, 11) is 0. The molecule has 0 atom stereocenters. The number of nitrogens with zero attached hydrogens (tertiary/aromatic N) is 1. The van der Waals surface area contributed by atoms with Crippen molar-refractivity contribution in [3.63, 3.8) is 0 Å². The maximum atomic E-state index is 12.3. The molecule has 0 spiro atoms. The van der Waals surface area contributed by atoms with Crippen molar-refractivity contribution in [1.82, 2.24) is 0 Å². The highest BCUT2D eigenvalue weighted by Crippen LogP contribution is 2.27. The summed E-state index contributed by atoms with van der Waals surface area (Å²) >= 11 is 12.1. The second-order valence-corrected chi connectivity index (χ2v) is 5.89. The molecule has 0 aliphatic heterocycles. The first-order valence-electron chi connectivity index (χ1n) is 6.87. The first kappa shape index (κ1) is 17.1. The second kappa shape index (κ2) is 7.32. The van der Waals surface area contributed by atoms with E-state index in [0.717, 1.165) is 11.1 Å². The maximum absolute atomic E-state index is 12.3. The van der Waals surface area contributed by atoms with Crippen molar-refractivity contribution in [2.75, 3.05) is 5.32 Å². The van der Waals surface area contributed by atoms with E-state index in [2.05, 4.69) is 5.32 Å². The normalized spacial score (nSPS) is 11.0. The van der Waals surface area contributed by atoms with Crippen molar-refractivity contribution in [2.24, 2.45) is 0 Å². The fraction of sp³-hybridized carbons (Fsp3) is 0.111. The molecule has 0 heterocycles. The summed E-state index contributed by atoms with van der Waals surface area (Å²) in [6, 6.07) is 12.6. The molecule has 0 aromatic heterocycles. The lowest BCUT2D eigenvalue weighted by Gasteiger charge is -2.09. The number of aryl methyl sites for hydroxylation is 2. The highest BCUT2D eigenvalue weighted by Gasteiger charge is 2.13. The van der Waals surface area contributed by atoms with Crippen LogP contribution in [0.15, 0.2) is 42.0 Å². The number of rotatable bonds is 3. The average molecular weight is 345 g/mol. The van der Waals surface area contributed by atoms with Gasteiger partial charge in [-0.3, -0.25) is 4.79 Å². The maximum Gasteiger partial charge on any atom is 0.266 e. The van der Waals surface area contributed by atoms with Crippen LogP contribution in [0, 0.1) is 25.2 Å². The summed E-state index contributed by atoms with van der Waals surface area (Å²) < 4.78 is 0. The number of nitrogens with one attached hydrogen (secondary N) is 1. The molecule has 0 fully saturated rings. The number of benzene rings is 2. The molecular formula is C18H14Cl2N2O. The van der Waals surface area contributed by atoms with E-state index in [1.54, 1.807) is 18.2 Å². The van der Waals surface area contributed by atoms with Gasteiger partial charge in [0.05, 0.1) is 0 Å². The molecule has 116 valence electrons. The molecule has 2 aromatic carbocycles. The van der Waals surface area contributed by atoms with Crippen LogP contribution in [0.5, 0.6) is 0 Å². The summed E-state index contributed by atoms with van der Waals surface area (Å²) in [5.74, 6) is -0.503. The van der Waals surface area contributed by atoms with Crippen LogP contribution < -0.4 is 5.32 Å². The zero-order chi connectivity index (χ0) is 17.0. The Balaban J connectivity index is 2.34. The van der Waals surface area contributed by atoms with Crippen LogP contribution >= 0.6 is 23.2 Å². The van der Waals surface area contributed by atoms with Gasteiger partial charge >= 0.3 is 0 Å². The van der Waals surface area contributed by atoms with E-state index in [-0.39, 0.29) is 5.57 Å². The predicted molar refractivity (Wildman–Crippen MR) is 94.6 cm³/mol. The summed E-state index contributed by atoms with van der Waals surface area (Å²) in [5.41, 5.74) is 2.98. The van der Waals surface area contributed by atoms with Gasteiger partial charge < -0.3 is 5.32 Å². The number of hydrogen-bond donors (Lipinski definition) is 1. The van der Waals surface area contributed by atoms with Crippen molar-refractivity contribution in [2.45, 2.75) is 13.8 Å². The van der Waals surface area contributed by atoms with Gasteiger partial charge in [0.2, 0.25) is 0 Å². The van der Waals surface area contributed by atoms with Gasteiger partial charge in [-0.15, -0.1) is 0 Å². The van der Waals surface area contributed by atoms with Crippen molar-refractivity contribution in [1.29, 1.82) is 5.26 Å². The first-order valence-corrected chi connectivity index (χ1v) is 7.62. The summed E-state index contributed by atoms with van der Waals surface area (Å²) in [6.45, 7) is 3.81. The number of carbonyl (C=O) groups is 1. The van der Waals surface area contributed by atoms with Crippen LogP contribution in [-0.2, 0) is 4.79 Å². The molecule has 1 amide bonds. The standard InChI is InChI=1S/C18H14Cl2N2O/c1-11-6-7-12(2)17(8-11)22-18(23)13(10-21)9-14-15(19)4-3-5-16(14)20/h3-9H,1-2H3,(H,22,23)/b13-9+. The lowest BCUT2D eigenvalue weighted by atomic mass is 10.1. The van der Waals surface area contributed by atoms with Crippen molar-refractivity contribution >= 4 is 40.9 Å². The highest BCUT2D eigenvalue weighted by atomic mass is 35.5. The molecule has 5 heteroatoms. The third kappa shape index (κ3) is 4.13. The molecule has 3 nitrogen and oxygen atoms in total. The van der Waals surface area contributed by atoms with Crippen LogP contribution in [0.25, 0.3) is 6.08 Å². The third-order valence-corrected chi connectivity index (χ3v) is 3.95. The zero-order valence-electron chi connectivity index (χ0n) is 12.7.